The number of hydrogen-bond donors (Lipinski definition) is 0. The standard InChI is InChI=1S/C9H9ClN2/c1-3-6-12(2)9-5-4-8(10)7-11-9/h1,4-5,7H,6H2,2H3. The molecule has 1 heterocycles. The molecular formula is C9H9ClN2. The Morgan fingerprint density at radius 2 is 2.42 bits per heavy atom. The molecule has 0 spiro atoms. The van der Waals surface area contributed by atoms with E-state index in [4.69, 9.17) is 18.0 Å². The summed E-state index contributed by atoms with van der Waals surface area (Å²) >= 11 is 5.67. The maximum Gasteiger partial charge on any atom is 0.129 e. The molecule has 0 amide bonds. The predicted octanol–water partition coefficient (Wildman–Crippen LogP) is 1.80. The Kier molecular flexibility index (Phi) is 2.95. The second kappa shape index (κ2) is 3.99. The number of halogens is 1. The van der Waals surface area contributed by atoms with E-state index in [-0.39, 0.29) is 0 Å². The van der Waals surface area contributed by atoms with Gasteiger partial charge in [-0.1, -0.05) is 17.5 Å². The van der Waals surface area contributed by atoms with Crippen molar-refractivity contribution in [1.82, 2.24) is 4.98 Å². The minimum Gasteiger partial charge on any atom is -0.349 e. The summed E-state index contributed by atoms with van der Waals surface area (Å²) in [7, 11) is 1.89. The van der Waals surface area contributed by atoms with Crippen molar-refractivity contribution in [3.63, 3.8) is 0 Å². The molecule has 2 nitrogen and oxygen atoms in total. The lowest BCUT2D eigenvalue weighted by Crippen LogP contribution is -2.17. The molecule has 0 fully saturated rings. The Morgan fingerprint density at radius 1 is 1.67 bits per heavy atom. The van der Waals surface area contributed by atoms with E-state index in [2.05, 4.69) is 10.9 Å². The monoisotopic (exact) mass is 180 g/mol. The Bertz CT molecular complexity index is 286. The van der Waals surface area contributed by atoms with Crippen molar-refractivity contribution in [2.75, 3.05) is 18.5 Å². The third-order valence-corrected chi connectivity index (χ3v) is 1.65. The molecule has 0 radical (unpaired) electrons. The summed E-state index contributed by atoms with van der Waals surface area (Å²) in [6, 6.07) is 3.62. The number of nitrogens with zero attached hydrogens (tertiary/aromatic N) is 2. The second-order valence-electron chi connectivity index (χ2n) is 2.39. The number of terminal acetylenes is 1. The fourth-order valence-electron chi connectivity index (χ4n) is 0.812. The first-order chi connectivity index (χ1) is 5.74. The van der Waals surface area contributed by atoms with Crippen LogP contribution in [0.5, 0.6) is 0 Å². The molecule has 0 aliphatic heterocycles. The van der Waals surface area contributed by atoms with E-state index in [1.807, 2.05) is 18.0 Å². The van der Waals surface area contributed by atoms with Crippen molar-refractivity contribution < 1.29 is 0 Å². The molecule has 12 heavy (non-hydrogen) atoms. The van der Waals surface area contributed by atoms with Gasteiger partial charge in [-0.05, 0) is 12.1 Å². The van der Waals surface area contributed by atoms with Crippen molar-refractivity contribution in [3.8, 4) is 12.3 Å². The van der Waals surface area contributed by atoms with E-state index in [0.717, 1.165) is 5.82 Å². The Balaban J connectivity index is 2.76. The highest BCUT2D eigenvalue weighted by molar-refractivity contribution is 6.30. The van der Waals surface area contributed by atoms with Crippen LogP contribution in [0.3, 0.4) is 0 Å². The van der Waals surface area contributed by atoms with Gasteiger partial charge in [0.2, 0.25) is 0 Å². The molecule has 0 N–H and O–H groups in total. The SMILES string of the molecule is C#CCN(C)c1ccc(Cl)cn1. The van der Waals surface area contributed by atoms with Crippen LogP contribution >= 0.6 is 11.6 Å². The molecule has 0 atom stereocenters. The van der Waals surface area contributed by atoms with Crippen LogP contribution in [-0.2, 0) is 0 Å². The van der Waals surface area contributed by atoms with E-state index < -0.39 is 0 Å². The average molecular weight is 181 g/mol. The summed E-state index contributed by atoms with van der Waals surface area (Å²) in [6.07, 6.45) is 6.75. The molecule has 1 aromatic heterocycles. The van der Waals surface area contributed by atoms with Gasteiger partial charge >= 0.3 is 0 Å². The van der Waals surface area contributed by atoms with Crippen LogP contribution in [0.15, 0.2) is 18.3 Å². The van der Waals surface area contributed by atoms with Crippen LogP contribution in [0.2, 0.25) is 5.02 Å². The third-order valence-electron chi connectivity index (χ3n) is 1.43. The van der Waals surface area contributed by atoms with Gasteiger partial charge in [0, 0.05) is 13.2 Å². The summed E-state index contributed by atoms with van der Waals surface area (Å²) in [4.78, 5) is 5.97. The van der Waals surface area contributed by atoms with Crippen LogP contribution in [0.4, 0.5) is 5.82 Å². The zero-order chi connectivity index (χ0) is 8.97. The molecular weight excluding hydrogens is 172 g/mol. The van der Waals surface area contributed by atoms with Crippen molar-refractivity contribution in [3.05, 3.63) is 23.4 Å². The smallest absolute Gasteiger partial charge is 0.129 e. The first kappa shape index (κ1) is 8.89. The van der Waals surface area contributed by atoms with Gasteiger partial charge in [-0.2, -0.15) is 0 Å². The lowest BCUT2D eigenvalue weighted by atomic mass is 10.4. The molecule has 1 aromatic rings. The normalized spacial score (nSPS) is 9.08. The number of aromatic nitrogens is 1. The summed E-state index contributed by atoms with van der Waals surface area (Å²) in [5.41, 5.74) is 0. The predicted molar refractivity (Wildman–Crippen MR) is 51.4 cm³/mol. The van der Waals surface area contributed by atoms with Gasteiger partial charge in [0.25, 0.3) is 0 Å². The van der Waals surface area contributed by atoms with Crippen molar-refractivity contribution in [2.24, 2.45) is 0 Å². The van der Waals surface area contributed by atoms with Gasteiger partial charge in [0.05, 0.1) is 11.6 Å². The van der Waals surface area contributed by atoms with Crippen molar-refractivity contribution in [2.45, 2.75) is 0 Å². The first-order valence-electron chi connectivity index (χ1n) is 3.50. The molecule has 0 aliphatic rings. The van der Waals surface area contributed by atoms with Crippen LogP contribution in [0, 0.1) is 12.3 Å². The molecule has 0 saturated heterocycles. The highest BCUT2D eigenvalue weighted by Crippen LogP contribution is 2.11. The largest absolute Gasteiger partial charge is 0.349 e. The quantitative estimate of drug-likeness (QED) is 0.646. The molecule has 0 unspecified atom stereocenters. The number of pyridine rings is 1. The van der Waals surface area contributed by atoms with Crippen molar-refractivity contribution >= 4 is 17.4 Å². The summed E-state index contributed by atoms with van der Waals surface area (Å²) in [5.74, 6) is 3.36. The molecule has 0 bridgehead atoms. The lowest BCUT2D eigenvalue weighted by molar-refractivity contribution is 1.01. The number of rotatable bonds is 2. The van der Waals surface area contributed by atoms with Gasteiger partial charge in [0.15, 0.2) is 0 Å². The van der Waals surface area contributed by atoms with E-state index in [1.54, 1.807) is 12.3 Å². The van der Waals surface area contributed by atoms with Gasteiger partial charge in [-0.3, -0.25) is 0 Å². The molecule has 1 rings (SSSR count). The highest BCUT2D eigenvalue weighted by Gasteiger charge is 1.98. The fraction of sp³-hybridized carbons (Fsp3) is 0.222. The Hall–Kier alpha value is -1.20. The fourth-order valence-corrected chi connectivity index (χ4v) is 0.924. The first-order valence-corrected chi connectivity index (χ1v) is 3.88. The molecule has 3 heteroatoms. The average Bonchev–Trinajstić information content (AvgIpc) is 2.06. The Morgan fingerprint density at radius 3 is 2.92 bits per heavy atom. The summed E-state index contributed by atoms with van der Waals surface area (Å²) in [6.45, 7) is 0.550. The van der Waals surface area contributed by atoms with Gasteiger partial charge in [-0.15, -0.1) is 6.42 Å². The number of hydrogen-bond acceptors (Lipinski definition) is 2. The number of anilines is 1. The van der Waals surface area contributed by atoms with Gasteiger partial charge in [0.1, 0.15) is 5.82 Å². The van der Waals surface area contributed by atoms with Crippen molar-refractivity contribution in [1.29, 1.82) is 0 Å². The van der Waals surface area contributed by atoms with Crippen LogP contribution in [0.1, 0.15) is 0 Å². The van der Waals surface area contributed by atoms with Crippen LogP contribution in [0.25, 0.3) is 0 Å². The van der Waals surface area contributed by atoms with E-state index in [0.29, 0.717) is 11.6 Å². The van der Waals surface area contributed by atoms with Crippen LogP contribution < -0.4 is 4.90 Å². The molecule has 0 aromatic carbocycles. The van der Waals surface area contributed by atoms with E-state index >= 15 is 0 Å². The second-order valence-corrected chi connectivity index (χ2v) is 2.83. The third kappa shape index (κ3) is 2.14. The topological polar surface area (TPSA) is 16.1 Å². The summed E-state index contributed by atoms with van der Waals surface area (Å²) in [5, 5.41) is 0.632. The zero-order valence-corrected chi connectivity index (χ0v) is 7.54. The van der Waals surface area contributed by atoms with Crippen LogP contribution in [-0.4, -0.2) is 18.6 Å². The van der Waals surface area contributed by atoms with E-state index in [9.17, 15) is 0 Å². The van der Waals surface area contributed by atoms with Gasteiger partial charge < -0.3 is 4.90 Å². The Labute approximate surface area is 77.2 Å². The van der Waals surface area contributed by atoms with E-state index in [1.165, 1.54) is 0 Å². The molecule has 0 saturated carbocycles. The maximum absolute atomic E-state index is 5.67. The molecule has 62 valence electrons. The minimum atomic E-state index is 0.550. The van der Waals surface area contributed by atoms with Gasteiger partial charge in [-0.25, -0.2) is 4.98 Å². The zero-order valence-electron chi connectivity index (χ0n) is 6.79. The maximum atomic E-state index is 5.67. The minimum absolute atomic E-state index is 0.550. The lowest BCUT2D eigenvalue weighted by Gasteiger charge is -2.13. The summed E-state index contributed by atoms with van der Waals surface area (Å²) < 4.78 is 0. The molecule has 0 aliphatic carbocycles. The highest BCUT2D eigenvalue weighted by atomic mass is 35.5.